The van der Waals surface area contributed by atoms with E-state index in [4.69, 9.17) is 4.99 Å². The van der Waals surface area contributed by atoms with Crippen molar-refractivity contribution in [3.05, 3.63) is 135 Å². The number of amides is 1. The number of hydrogen-bond acceptors (Lipinski definition) is 6. The fourth-order valence-corrected chi connectivity index (χ4v) is 7.82. The van der Waals surface area contributed by atoms with Crippen LogP contribution in [0.15, 0.2) is 102 Å². The molecule has 0 fully saturated rings. The maximum atomic E-state index is 14.1. The first-order valence-electron chi connectivity index (χ1n) is 13.3. The SMILES string of the molecule is CC1(C(=O)NC2=NC(c3cccc(-c4ccncc4)c3)CS2)CC2([N+](=O)[O-])c3ccccc3C1c1ccccc12. The fourth-order valence-electron chi connectivity index (χ4n) is 6.87. The summed E-state index contributed by atoms with van der Waals surface area (Å²) in [4.78, 5) is 35.8. The van der Waals surface area contributed by atoms with Crippen LogP contribution in [0.1, 0.15) is 53.1 Å². The zero-order chi connectivity index (χ0) is 27.5. The number of aliphatic imine (C=N–C) groups is 1. The summed E-state index contributed by atoms with van der Waals surface area (Å²) >= 11 is 1.51. The Bertz CT molecular complexity index is 1660. The molecule has 2 heterocycles. The summed E-state index contributed by atoms with van der Waals surface area (Å²) in [5.41, 5.74) is 3.83. The van der Waals surface area contributed by atoms with Crippen LogP contribution in [-0.2, 0) is 10.3 Å². The monoisotopic (exact) mass is 546 g/mol. The molecule has 0 radical (unpaired) electrons. The molecule has 2 bridgehead atoms. The van der Waals surface area contributed by atoms with Gasteiger partial charge in [-0.2, -0.15) is 0 Å². The lowest BCUT2D eigenvalue weighted by atomic mass is 9.49. The van der Waals surface area contributed by atoms with E-state index < -0.39 is 11.0 Å². The van der Waals surface area contributed by atoms with E-state index in [1.807, 2.05) is 73.7 Å². The average molecular weight is 547 g/mol. The summed E-state index contributed by atoms with van der Waals surface area (Å²) in [5, 5.41) is 16.5. The highest BCUT2D eigenvalue weighted by Gasteiger charge is 2.67. The molecule has 0 saturated heterocycles. The van der Waals surface area contributed by atoms with Crippen molar-refractivity contribution in [2.75, 3.05) is 5.75 Å². The van der Waals surface area contributed by atoms with Gasteiger partial charge in [-0.3, -0.25) is 24.9 Å². The van der Waals surface area contributed by atoms with Crippen LogP contribution < -0.4 is 5.32 Å². The van der Waals surface area contributed by atoms with Crippen molar-refractivity contribution in [1.82, 2.24) is 10.3 Å². The van der Waals surface area contributed by atoms with Crippen LogP contribution >= 0.6 is 11.8 Å². The molecular weight excluding hydrogens is 520 g/mol. The van der Waals surface area contributed by atoms with Gasteiger partial charge >= 0.3 is 0 Å². The number of carbonyl (C=O) groups excluding carboxylic acids is 1. The Hall–Kier alpha value is -4.30. The van der Waals surface area contributed by atoms with Crippen molar-refractivity contribution < 1.29 is 9.72 Å². The number of carbonyl (C=O) groups is 1. The summed E-state index contributed by atoms with van der Waals surface area (Å²) in [6, 6.07) is 27.2. The molecule has 3 aliphatic carbocycles. The highest BCUT2D eigenvalue weighted by molar-refractivity contribution is 8.14. The van der Waals surface area contributed by atoms with Crippen molar-refractivity contribution in [3.63, 3.8) is 0 Å². The molecule has 1 N–H and O–H groups in total. The quantitative estimate of drug-likeness (QED) is 0.247. The van der Waals surface area contributed by atoms with Gasteiger partial charge in [0.1, 0.15) is 0 Å². The zero-order valence-corrected chi connectivity index (χ0v) is 22.6. The molecule has 1 aliphatic heterocycles. The van der Waals surface area contributed by atoms with E-state index in [1.54, 1.807) is 12.4 Å². The summed E-state index contributed by atoms with van der Waals surface area (Å²) in [7, 11) is 0. The number of benzene rings is 3. The number of fused-ring (bicyclic) bond motifs is 1. The van der Waals surface area contributed by atoms with Gasteiger partial charge in [-0.1, -0.05) is 78.5 Å². The van der Waals surface area contributed by atoms with Crippen LogP contribution in [0.3, 0.4) is 0 Å². The Morgan fingerprint density at radius 2 is 1.62 bits per heavy atom. The Balaban J connectivity index is 1.21. The van der Waals surface area contributed by atoms with E-state index in [1.165, 1.54) is 11.8 Å². The highest BCUT2D eigenvalue weighted by Crippen LogP contribution is 2.63. The van der Waals surface area contributed by atoms with Crippen molar-refractivity contribution in [1.29, 1.82) is 0 Å². The van der Waals surface area contributed by atoms with Gasteiger partial charge in [0.15, 0.2) is 5.17 Å². The van der Waals surface area contributed by atoms with Crippen LogP contribution in [0.4, 0.5) is 0 Å². The Morgan fingerprint density at radius 1 is 0.950 bits per heavy atom. The molecular formula is C32H26N4O3S. The molecule has 198 valence electrons. The Morgan fingerprint density at radius 3 is 2.30 bits per heavy atom. The van der Waals surface area contributed by atoms with E-state index >= 15 is 0 Å². The zero-order valence-electron chi connectivity index (χ0n) is 21.8. The molecule has 1 amide bonds. The normalized spacial score (nSPS) is 26.0. The number of pyridine rings is 1. The average Bonchev–Trinajstić information content (AvgIpc) is 3.46. The molecule has 4 aromatic rings. The third-order valence-electron chi connectivity index (χ3n) is 8.68. The van der Waals surface area contributed by atoms with Gasteiger partial charge < -0.3 is 5.32 Å². The summed E-state index contributed by atoms with van der Waals surface area (Å²) in [6.07, 6.45) is 3.64. The first-order chi connectivity index (χ1) is 19.4. The minimum absolute atomic E-state index is 0.0902. The standard InChI is InChI=1S/C32H26N4O3S/c1-31(19-32(36(38)39)25-11-4-2-9-23(25)28(31)24-10-3-5-12-26(24)32)29(37)35-30-34-27(18-40-30)22-8-6-7-21(17-22)20-13-15-33-16-14-20/h2-17,27-28H,18-19H2,1H3,(H,34,35,37). The highest BCUT2D eigenvalue weighted by atomic mass is 32.2. The molecule has 2 unspecified atom stereocenters. The molecule has 2 atom stereocenters. The van der Waals surface area contributed by atoms with Gasteiger partial charge in [0.05, 0.1) is 11.5 Å². The second-order valence-corrected chi connectivity index (χ2v) is 11.9. The number of nitro groups is 1. The minimum Gasteiger partial charge on any atom is -0.305 e. The number of hydrogen-bond donors (Lipinski definition) is 1. The topological polar surface area (TPSA) is 97.5 Å². The summed E-state index contributed by atoms with van der Waals surface area (Å²) < 4.78 is 0. The van der Waals surface area contributed by atoms with Crippen molar-refractivity contribution in [2.45, 2.75) is 30.8 Å². The lowest BCUT2D eigenvalue weighted by Gasteiger charge is -2.52. The molecule has 0 spiro atoms. The van der Waals surface area contributed by atoms with E-state index in [9.17, 15) is 14.9 Å². The maximum absolute atomic E-state index is 14.1. The summed E-state index contributed by atoms with van der Waals surface area (Å²) in [5.74, 6) is 0.187. The lowest BCUT2D eigenvalue weighted by molar-refractivity contribution is -0.573. The minimum atomic E-state index is -1.48. The molecule has 0 saturated carbocycles. The number of amidine groups is 1. The van der Waals surface area contributed by atoms with Crippen LogP contribution in [0.5, 0.6) is 0 Å². The van der Waals surface area contributed by atoms with Crippen LogP contribution in [0.25, 0.3) is 11.1 Å². The first-order valence-corrected chi connectivity index (χ1v) is 14.3. The largest absolute Gasteiger partial charge is 0.305 e. The van der Waals surface area contributed by atoms with E-state index in [0.29, 0.717) is 22.0 Å². The van der Waals surface area contributed by atoms with Gasteiger partial charge in [-0.25, -0.2) is 0 Å². The Kier molecular flexibility index (Phi) is 5.64. The van der Waals surface area contributed by atoms with Crippen LogP contribution in [0.2, 0.25) is 0 Å². The molecule has 8 rings (SSSR count). The molecule has 7 nitrogen and oxygen atoms in total. The van der Waals surface area contributed by atoms with Gasteiger partial charge in [0.2, 0.25) is 5.91 Å². The van der Waals surface area contributed by atoms with Gasteiger partial charge in [0.25, 0.3) is 5.54 Å². The number of nitrogens with one attached hydrogen (secondary N) is 1. The first kappa shape index (κ1) is 24.7. The summed E-state index contributed by atoms with van der Waals surface area (Å²) in [6.45, 7) is 1.87. The number of thioether (sulfide) groups is 1. The molecule has 40 heavy (non-hydrogen) atoms. The van der Waals surface area contributed by atoms with Gasteiger partial charge in [0, 0.05) is 46.5 Å². The smallest absolute Gasteiger partial charge is 0.273 e. The maximum Gasteiger partial charge on any atom is 0.273 e. The van der Waals surface area contributed by atoms with Crippen LogP contribution in [-0.4, -0.2) is 26.7 Å². The predicted octanol–water partition coefficient (Wildman–Crippen LogP) is 6.08. The van der Waals surface area contributed by atoms with E-state index in [0.717, 1.165) is 27.8 Å². The van der Waals surface area contributed by atoms with E-state index in [2.05, 4.69) is 28.5 Å². The van der Waals surface area contributed by atoms with Gasteiger partial charge in [-0.15, -0.1) is 0 Å². The third kappa shape index (κ3) is 3.55. The van der Waals surface area contributed by atoms with Crippen molar-refractivity contribution >= 4 is 22.8 Å². The van der Waals surface area contributed by atoms with Crippen molar-refractivity contribution in [3.8, 4) is 11.1 Å². The van der Waals surface area contributed by atoms with Gasteiger partial charge in [-0.05, 0) is 52.9 Å². The number of aromatic nitrogens is 1. The fraction of sp³-hybridized carbons (Fsp3) is 0.219. The molecule has 1 aromatic heterocycles. The Labute approximate surface area is 235 Å². The predicted molar refractivity (Wildman–Crippen MR) is 156 cm³/mol. The second kappa shape index (κ2) is 9.13. The van der Waals surface area contributed by atoms with Crippen LogP contribution in [0, 0.1) is 15.5 Å². The molecule has 4 aliphatic rings. The molecule has 8 heteroatoms. The molecule has 3 aromatic carbocycles. The van der Waals surface area contributed by atoms with E-state index in [-0.39, 0.29) is 29.2 Å². The third-order valence-corrected chi connectivity index (χ3v) is 9.65. The number of nitrogens with zero attached hydrogens (tertiary/aromatic N) is 3. The van der Waals surface area contributed by atoms with Crippen molar-refractivity contribution in [2.24, 2.45) is 10.4 Å². The second-order valence-electron chi connectivity index (χ2n) is 10.9. The lowest BCUT2D eigenvalue weighted by Crippen LogP contribution is -2.58. The number of rotatable bonds is 4.